The van der Waals surface area contributed by atoms with Crippen LogP contribution in [-0.4, -0.2) is 105 Å². The van der Waals surface area contributed by atoms with Crippen LogP contribution in [-0.2, 0) is 41.6 Å². The van der Waals surface area contributed by atoms with Crippen LogP contribution in [0.3, 0.4) is 0 Å². The number of nitrogens with zero attached hydrogens (tertiary/aromatic N) is 2. The van der Waals surface area contributed by atoms with Crippen molar-refractivity contribution in [2.75, 3.05) is 58.3 Å². The van der Waals surface area contributed by atoms with E-state index < -0.39 is 54.2 Å². The minimum absolute atomic E-state index is 0.00935. The highest BCUT2D eigenvalue weighted by molar-refractivity contribution is 5.97. The number of carbonyl (C=O) groups excluding carboxylic acids is 6. The van der Waals surface area contributed by atoms with Gasteiger partial charge in [-0.05, 0) is 85.8 Å². The minimum atomic E-state index is -1.35. The van der Waals surface area contributed by atoms with Gasteiger partial charge in [-0.2, -0.15) is 5.26 Å². The van der Waals surface area contributed by atoms with E-state index in [1.54, 1.807) is 36.4 Å². The molecule has 3 aromatic rings. The molecule has 0 radical (unpaired) electrons. The molecule has 1 heterocycles. The van der Waals surface area contributed by atoms with Gasteiger partial charge in [-0.25, -0.2) is 0 Å². The lowest BCUT2D eigenvalue weighted by Gasteiger charge is -2.30. The summed E-state index contributed by atoms with van der Waals surface area (Å²) in [6.07, 6.45) is 2.79. The molecule has 0 saturated heterocycles. The maximum atomic E-state index is 14.2. The van der Waals surface area contributed by atoms with Crippen molar-refractivity contribution in [1.29, 1.82) is 5.26 Å². The molecule has 4 bridgehead atoms. The van der Waals surface area contributed by atoms with Crippen LogP contribution in [0.5, 0.6) is 11.5 Å². The Morgan fingerprint density at radius 3 is 2.12 bits per heavy atom. The quantitative estimate of drug-likeness (QED) is 0.0851. The molecule has 0 aromatic heterocycles. The molecule has 3 atom stereocenters. The number of rotatable bonds is 18. The molecule has 3 aromatic carbocycles. The summed E-state index contributed by atoms with van der Waals surface area (Å²) in [7, 11) is 1.39. The highest BCUT2D eigenvalue weighted by Gasteiger charge is 2.33. The number of nitrogens with two attached hydrogens (primary N) is 3. The lowest BCUT2D eigenvalue weighted by Crippen LogP contribution is -2.55. The molecule has 0 saturated carbocycles. The molecule has 18 nitrogen and oxygen atoms in total. The summed E-state index contributed by atoms with van der Waals surface area (Å²) in [5.41, 5.74) is 21.1. The average molecular weight is 885 g/mol. The van der Waals surface area contributed by atoms with Crippen LogP contribution < -0.4 is 53.3 Å². The number of nitrogens with one attached hydrogen (secondary N) is 5. The molecule has 1 aliphatic rings. The van der Waals surface area contributed by atoms with Gasteiger partial charge in [0.15, 0.2) is 0 Å². The first-order chi connectivity index (χ1) is 30.7. The van der Waals surface area contributed by atoms with Gasteiger partial charge in [-0.15, -0.1) is 0 Å². The van der Waals surface area contributed by atoms with Gasteiger partial charge in [0.2, 0.25) is 35.4 Å². The van der Waals surface area contributed by atoms with E-state index in [1.807, 2.05) is 38.1 Å². The van der Waals surface area contributed by atoms with Gasteiger partial charge >= 0.3 is 0 Å². The number of hydrogen-bond acceptors (Lipinski definition) is 12. The van der Waals surface area contributed by atoms with Crippen LogP contribution in [0.2, 0.25) is 0 Å². The molecule has 11 N–H and O–H groups in total. The molecule has 0 spiro atoms. The van der Waals surface area contributed by atoms with Crippen LogP contribution in [0.25, 0.3) is 11.1 Å². The predicted molar refractivity (Wildman–Crippen MR) is 244 cm³/mol. The molecular weight excluding hydrogens is 821 g/mol. The minimum Gasteiger partial charge on any atom is -0.492 e. The molecule has 4 rings (SSSR count). The smallest absolute Gasteiger partial charge is 0.248 e. The van der Waals surface area contributed by atoms with E-state index in [0.717, 1.165) is 36.3 Å². The third-order valence-corrected chi connectivity index (χ3v) is 10.00. The van der Waals surface area contributed by atoms with Crippen LogP contribution in [0.15, 0.2) is 54.6 Å². The van der Waals surface area contributed by atoms with Crippen LogP contribution in [0, 0.1) is 18.3 Å². The monoisotopic (exact) mass is 884 g/mol. The number of unbranched alkanes of at least 4 members (excludes halogenated alkanes) is 1. The Labute approximate surface area is 375 Å². The maximum absolute atomic E-state index is 14.2. The summed E-state index contributed by atoms with van der Waals surface area (Å²) in [6.45, 7) is 8.02. The number of nitriles is 1. The van der Waals surface area contributed by atoms with Crippen LogP contribution in [0.1, 0.15) is 74.8 Å². The number of carbonyl (C=O) groups is 6. The Morgan fingerprint density at radius 2 is 1.50 bits per heavy atom. The first-order valence-corrected chi connectivity index (χ1v) is 21.5. The van der Waals surface area contributed by atoms with Crippen molar-refractivity contribution in [2.45, 2.75) is 84.3 Å². The van der Waals surface area contributed by atoms with Crippen molar-refractivity contribution in [3.8, 4) is 28.7 Å². The highest BCUT2D eigenvalue weighted by atomic mass is 16.5. The van der Waals surface area contributed by atoms with E-state index in [0.29, 0.717) is 39.4 Å². The lowest BCUT2D eigenvalue weighted by molar-refractivity contribution is -0.140. The average Bonchev–Trinajstić information content (AvgIpc) is 3.28. The Bertz CT molecular complexity index is 2120. The summed E-state index contributed by atoms with van der Waals surface area (Å²) >= 11 is 0. The molecule has 0 fully saturated rings. The maximum Gasteiger partial charge on any atom is 0.248 e. The largest absolute Gasteiger partial charge is 0.492 e. The summed E-state index contributed by atoms with van der Waals surface area (Å²) in [5, 5.41) is 22.3. The normalized spacial score (nSPS) is 15.6. The number of fused-ring (bicyclic) bond motifs is 5. The fraction of sp³-hybridized carbons (Fsp3) is 0.457. The molecule has 0 aliphatic carbocycles. The standard InChI is InChI=1S/C44H57N9O8.C2H7N/c1-5-6-7-29-8-11-34(27(2)22-29)51-39(55)15-14-38(54)49-26-40(56)53(4)41-31-10-13-37(61-21-18-47)33(25-31)32-23-30(9-12-36(32)60-20-17-46)24-35(43(58)48-19-16-45)52-42(57)28(3)50-44(41)59;1-2-3/h8-13,22-23,25,28,35,41H,5-7,14-15,17-21,24,26,46-47H2,1-4H3,(H,48,58)(H,49,54)(H,50,59)(H,51,55)(H,52,57);2-3H2,1H3/t28-,35?,41?;/m0./s1. The Kier molecular flexibility index (Phi) is 21.7. The van der Waals surface area contributed by atoms with Gasteiger partial charge < -0.3 is 58.2 Å². The Balaban J connectivity index is 0.00000353. The molecule has 346 valence electrons. The summed E-state index contributed by atoms with van der Waals surface area (Å²) < 4.78 is 12.1. The first kappa shape index (κ1) is 51.8. The number of aryl methyl sites for hydroxylation is 2. The van der Waals surface area contributed by atoms with Crippen molar-refractivity contribution < 1.29 is 38.2 Å². The topological polar surface area (TPSA) is 286 Å². The first-order valence-electron chi connectivity index (χ1n) is 21.5. The number of amides is 6. The number of ether oxygens (including phenoxy) is 2. The third-order valence-electron chi connectivity index (χ3n) is 10.00. The zero-order valence-electron chi connectivity index (χ0n) is 37.5. The second-order valence-corrected chi connectivity index (χ2v) is 15.1. The zero-order chi connectivity index (χ0) is 47.2. The van der Waals surface area contributed by atoms with Gasteiger partial charge in [0.25, 0.3) is 0 Å². The van der Waals surface area contributed by atoms with E-state index in [1.165, 1.54) is 19.5 Å². The number of hydrogen-bond donors (Lipinski definition) is 8. The lowest BCUT2D eigenvalue weighted by atomic mass is 9.93. The van der Waals surface area contributed by atoms with Crippen LogP contribution in [0.4, 0.5) is 5.69 Å². The zero-order valence-corrected chi connectivity index (χ0v) is 37.5. The van der Waals surface area contributed by atoms with E-state index in [2.05, 4.69) is 33.5 Å². The highest BCUT2D eigenvalue weighted by Crippen LogP contribution is 2.40. The Hall–Kier alpha value is -6.55. The van der Waals surface area contributed by atoms with Crippen molar-refractivity contribution in [3.05, 3.63) is 76.9 Å². The van der Waals surface area contributed by atoms with Crippen molar-refractivity contribution >= 4 is 41.1 Å². The van der Waals surface area contributed by atoms with Gasteiger partial charge in [0.1, 0.15) is 49.4 Å². The van der Waals surface area contributed by atoms with Gasteiger partial charge in [0, 0.05) is 56.2 Å². The summed E-state index contributed by atoms with van der Waals surface area (Å²) in [6, 6.07) is 14.1. The molecule has 18 heteroatoms. The van der Waals surface area contributed by atoms with Crippen LogP contribution >= 0.6 is 0 Å². The van der Waals surface area contributed by atoms with Crippen molar-refractivity contribution in [3.63, 3.8) is 0 Å². The second-order valence-electron chi connectivity index (χ2n) is 15.1. The van der Waals surface area contributed by atoms with E-state index >= 15 is 0 Å². The van der Waals surface area contributed by atoms with Crippen molar-refractivity contribution in [2.24, 2.45) is 17.2 Å². The Morgan fingerprint density at radius 1 is 0.859 bits per heavy atom. The fourth-order valence-corrected chi connectivity index (χ4v) is 6.71. The van der Waals surface area contributed by atoms with Gasteiger partial charge in [0.05, 0.1) is 12.6 Å². The second kappa shape index (κ2) is 26.8. The molecular formula is C46H64N10O8. The van der Waals surface area contributed by atoms with Crippen molar-refractivity contribution in [1.82, 2.24) is 26.2 Å². The fourth-order valence-electron chi connectivity index (χ4n) is 6.71. The number of likely N-dealkylation sites (N-methyl/N-ethyl adjacent to an activating group) is 1. The number of benzene rings is 3. The van der Waals surface area contributed by atoms with E-state index in [4.69, 9.17) is 31.9 Å². The third kappa shape index (κ3) is 15.7. The molecule has 64 heavy (non-hydrogen) atoms. The molecule has 2 unspecified atom stereocenters. The van der Waals surface area contributed by atoms with E-state index in [9.17, 15) is 28.8 Å². The van der Waals surface area contributed by atoms with E-state index in [-0.39, 0.29) is 58.0 Å². The summed E-state index contributed by atoms with van der Waals surface area (Å²) in [4.78, 5) is 81.5. The molecule has 6 amide bonds. The molecule has 1 aliphatic heterocycles. The summed E-state index contributed by atoms with van der Waals surface area (Å²) in [5.74, 6) is -2.83. The van der Waals surface area contributed by atoms with Gasteiger partial charge in [-0.1, -0.05) is 44.5 Å². The predicted octanol–water partition coefficient (Wildman–Crippen LogP) is 1.86. The number of anilines is 1. The SMILES string of the molecule is CCCCc1ccc(NC(=O)CCC(=O)NCC(=O)N(C)C2C(=O)N[C@@H](C)C(=O)NC(C(=O)NCC#N)Cc3ccc(OCCN)c(c3)-c3cc2ccc3OCCN)c(C)c1.CCN. The van der Waals surface area contributed by atoms with Gasteiger partial charge in [-0.3, -0.25) is 28.8 Å².